The molecule has 0 saturated heterocycles. The first kappa shape index (κ1) is 13.5. The van der Waals surface area contributed by atoms with Gasteiger partial charge in [-0.05, 0) is 42.8 Å². The number of hydrogen-bond donors (Lipinski definition) is 2. The first-order valence-electron chi connectivity index (χ1n) is 6.39. The number of aromatic hydroxyl groups is 2. The van der Waals surface area contributed by atoms with Gasteiger partial charge in [-0.25, -0.2) is 4.68 Å². The van der Waals surface area contributed by atoms with E-state index < -0.39 is 0 Å². The molecular weight excluding hydrogens is 288 g/mol. The molecule has 0 unspecified atom stereocenters. The SMILES string of the molecule is Cc1ccc(-n2nccc2-c2ccc(O)cc2O)cc1Cl. The predicted molar refractivity (Wildman–Crippen MR) is 82.1 cm³/mol. The molecular formula is C16H13ClN2O2. The lowest BCUT2D eigenvalue weighted by molar-refractivity contribution is 0.451. The number of aromatic nitrogens is 2. The Hall–Kier alpha value is -2.46. The summed E-state index contributed by atoms with van der Waals surface area (Å²) in [7, 11) is 0. The highest BCUT2D eigenvalue weighted by atomic mass is 35.5. The lowest BCUT2D eigenvalue weighted by Gasteiger charge is -2.10. The highest BCUT2D eigenvalue weighted by Gasteiger charge is 2.12. The number of halogens is 1. The van der Waals surface area contributed by atoms with Crippen molar-refractivity contribution in [2.75, 3.05) is 0 Å². The molecule has 0 fully saturated rings. The van der Waals surface area contributed by atoms with Gasteiger partial charge in [-0.1, -0.05) is 17.7 Å². The minimum Gasteiger partial charge on any atom is -0.508 e. The Morgan fingerprint density at radius 2 is 1.86 bits per heavy atom. The van der Waals surface area contributed by atoms with Gasteiger partial charge in [0.1, 0.15) is 11.5 Å². The van der Waals surface area contributed by atoms with Crippen molar-refractivity contribution in [3.8, 4) is 28.4 Å². The van der Waals surface area contributed by atoms with Crippen LogP contribution >= 0.6 is 11.6 Å². The second kappa shape index (κ2) is 5.14. The summed E-state index contributed by atoms with van der Waals surface area (Å²) in [5.41, 5.74) is 3.09. The summed E-state index contributed by atoms with van der Waals surface area (Å²) in [6, 6.07) is 11.9. The van der Waals surface area contributed by atoms with Gasteiger partial charge < -0.3 is 10.2 Å². The number of rotatable bonds is 2. The molecule has 5 heteroatoms. The summed E-state index contributed by atoms with van der Waals surface area (Å²) in [5, 5.41) is 24.3. The van der Waals surface area contributed by atoms with E-state index in [1.165, 1.54) is 12.1 Å². The molecule has 0 bridgehead atoms. The maximum Gasteiger partial charge on any atom is 0.128 e. The van der Waals surface area contributed by atoms with E-state index >= 15 is 0 Å². The number of aryl methyl sites for hydroxylation is 1. The third-order valence-electron chi connectivity index (χ3n) is 3.30. The van der Waals surface area contributed by atoms with E-state index in [-0.39, 0.29) is 11.5 Å². The summed E-state index contributed by atoms with van der Waals surface area (Å²) < 4.78 is 1.69. The molecule has 4 nitrogen and oxygen atoms in total. The van der Waals surface area contributed by atoms with E-state index in [0.717, 1.165) is 11.3 Å². The quantitative estimate of drug-likeness (QED) is 0.754. The van der Waals surface area contributed by atoms with E-state index in [1.54, 1.807) is 23.0 Å². The van der Waals surface area contributed by atoms with Gasteiger partial charge in [0.25, 0.3) is 0 Å². The zero-order chi connectivity index (χ0) is 15.0. The largest absolute Gasteiger partial charge is 0.508 e. The van der Waals surface area contributed by atoms with Crippen LogP contribution in [0.1, 0.15) is 5.56 Å². The molecule has 0 spiro atoms. The summed E-state index contributed by atoms with van der Waals surface area (Å²) in [4.78, 5) is 0. The van der Waals surface area contributed by atoms with E-state index in [2.05, 4.69) is 5.10 Å². The van der Waals surface area contributed by atoms with Crippen molar-refractivity contribution in [1.29, 1.82) is 0 Å². The van der Waals surface area contributed by atoms with Crippen LogP contribution in [-0.2, 0) is 0 Å². The number of phenolic OH excluding ortho intramolecular Hbond substituents is 2. The van der Waals surface area contributed by atoms with Gasteiger partial charge in [-0.2, -0.15) is 5.10 Å². The number of benzene rings is 2. The van der Waals surface area contributed by atoms with Crippen LogP contribution in [0, 0.1) is 6.92 Å². The molecule has 0 aliphatic rings. The van der Waals surface area contributed by atoms with Crippen LogP contribution < -0.4 is 0 Å². The zero-order valence-electron chi connectivity index (χ0n) is 11.3. The highest BCUT2D eigenvalue weighted by molar-refractivity contribution is 6.31. The monoisotopic (exact) mass is 300 g/mol. The Morgan fingerprint density at radius 3 is 2.57 bits per heavy atom. The summed E-state index contributed by atoms with van der Waals surface area (Å²) in [6.45, 7) is 1.93. The molecule has 21 heavy (non-hydrogen) atoms. The molecule has 0 atom stereocenters. The number of phenols is 2. The molecule has 0 radical (unpaired) electrons. The lowest BCUT2D eigenvalue weighted by atomic mass is 10.1. The summed E-state index contributed by atoms with van der Waals surface area (Å²) in [6.07, 6.45) is 1.65. The third kappa shape index (κ3) is 2.45. The van der Waals surface area contributed by atoms with E-state index in [4.69, 9.17) is 11.6 Å². The molecule has 1 heterocycles. The number of hydrogen-bond acceptors (Lipinski definition) is 3. The molecule has 3 rings (SSSR count). The normalized spacial score (nSPS) is 10.8. The van der Waals surface area contributed by atoms with Crippen molar-refractivity contribution < 1.29 is 10.2 Å². The van der Waals surface area contributed by atoms with Crippen LogP contribution in [0.25, 0.3) is 16.9 Å². The van der Waals surface area contributed by atoms with E-state index in [0.29, 0.717) is 16.3 Å². The fourth-order valence-corrected chi connectivity index (χ4v) is 2.34. The van der Waals surface area contributed by atoms with Crippen LogP contribution in [0.15, 0.2) is 48.7 Å². The van der Waals surface area contributed by atoms with Gasteiger partial charge in [-0.15, -0.1) is 0 Å². The summed E-state index contributed by atoms with van der Waals surface area (Å²) in [5.74, 6) is 0.00987. The average Bonchev–Trinajstić information content (AvgIpc) is 2.91. The van der Waals surface area contributed by atoms with Gasteiger partial charge in [-0.3, -0.25) is 0 Å². The van der Waals surface area contributed by atoms with Gasteiger partial charge >= 0.3 is 0 Å². The smallest absolute Gasteiger partial charge is 0.128 e. The summed E-state index contributed by atoms with van der Waals surface area (Å²) >= 11 is 6.16. The fraction of sp³-hybridized carbons (Fsp3) is 0.0625. The highest BCUT2D eigenvalue weighted by Crippen LogP contribution is 2.33. The van der Waals surface area contributed by atoms with Crippen molar-refractivity contribution in [2.45, 2.75) is 6.92 Å². The topological polar surface area (TPSA) is 58.3 Å². The molecule has 0 saturated carbocycles. The molecule has 2 N–H and O–H groups in total. The van der Waals surface area contributed by atoms with Crippen molar-refractivity contribution in [1.82, 2.24) is 9.78 Å². The zero-order valence-corrected chi connectivity index (χ0v) is 12.0. The molecule has 106 valence electrons. The van der Waals surface area contributed by atoms with Crippen LogP contribution in [0.2, 0.25) is 5.02 Å². The first-order valence-corrected chi connectivity index (χ1v) is 6.77. The predicted octanol–water partition coefficient (Wildman–Crippen LogP) is 3.91. The van der Waals surface area contributed by atoms with Gasteiger partial charge in [0.2, 0.25) is 0 Å². The maximum atomic E-state index is 10.0. The minimum absolute atomic E-state index is 0.00467. The van der Waals surface area contributed by atoms with Gasteiger partial charge in [0.05, 0.1) is 17.6 Å². The Balaban J connectivity index is 2.14. The molecule has 0 aliphatic heterocycles. The molecule has 0 amide bonds. The molecule has 2 aromatic carbocycles. The van der Waals surface area contributed by atoms with Crippen LogP contribution in [0.4, 0.5) is 0 Å². The van der Waals surface area contributed by atoms with Gasteiger partial charge in [0.15, 0.2) is 0 Å². The third-order valence-corrected chi connectivity index (χ3v) is 3.71. The second-order valence-corrected chi connectivity index (χ2v) is 5.17. The van der Waals surface area contributed by atoms with Crippen molar-refractivity contribution in [2.24, 2.45) is 0 Å². The Morgan fingerprint density at radius 1 is 1.05 bits per heavy atom. The van der Waals surface area contributed by atoms with E-state index in [1.807, 2.05) is 25.1 Å². The molecule has 3 aromatic rings. The van der Waals surface area contributed by atoms with Crippen molar-refractivity contribution >= 4 is 11.6 Å². The van der Waals surface area contributed by atoms with Crippen molar-refractivity contribution in [3.05, 3.63) is 59.2 Å². The number of nitrogens with zero attached hydrogens (tertiary/aromatic N) is 2. The van der Waals surface area contributed by atoms with Crippen LogP contribution in [0.5, 0.6) is 11.5 Å². The molecule has 1 aromatic heterocycles. The van der Waals surface area contributed by atoms with Gasteiger partial charge in [0, 0.05) is 16.7 Å². The fourth-order valence-electron chi connectivity index (χ4n) is 2.16. The Labute approximate surface area is 126 Å². The average molecular weight is 301 g/mol. The first-order chi connectivity index (χ1) is 10.1. The second-order valence-electron chi connectivity index (χ2n) is 4.76. The Kier molecular flexibility index (Phi) is 3.31. The Bertz CT molecular complexity index is 812. The minimum atomic E-state index is -0.00467. The van der Waals surface area contributed by atoms with Crippen LogP contribution in [0.3, 0.4) is 0 Å². The van der Waals surface area contributed by atoms with Crippen molar-refractivity contribution in [3.63, 3.8) is 0 Å². The molecule has 0 aliphatic carbocycles. The van der Waals surface area contributed by atoms with Crippen LogP contribution in [-0.4, -0.2) is 20.0 Å². The van der Waals surface area contributed by atoms with E-state index in [9.17, 15) is 10.2 Å². The lowest BCUT2D eigenvalue weighted by Crippen LogP contribution is -1.99. The standard InChI is InChI=1S/C16H13ClN2O2/c1-10-2-3-11(8-14(10)17)19-15(6-7-18-19)13-5-4-12(20)9-16(13)21/h2-9,20-21H,1H3. The maximum absolute atomic E-state index is 10.0.